The van der Waals surface area contributed by atoms with Crippen LogP contribution in [0.4, 0.5) is 5.69 Å². The van der Waals surface area contributed by atoms with Crippen molar-refractivity contribution >= 4 is 23.4 Å². The third kappa shape index (κ3) is 3.23. The summed E-state index contributed by atoms with van der Waals surface area (Å²) in [6.07, 6.45) is 1.92. The summed E-state index contributed by atoms with van der Waals surface area (Å²) in [5, 5.41) is 5.84. The molecule has 1 amide bonds. The number of hydrogen-bond donors (Lipinski definition) is 0. The molecule has 1 aliphatic heterocycles. The van der Waals surface area contributed by atoms with Gasteiger partial charge in [0.25, 0.3) is 5.91 Å². The van der Waals surface area contributed by atoms with Crippen LogP contribution in [0, 0.1) is 0 Å². The van der Waals surface area contributed by atoms with Gasteiger partial charge in [-0.1, -0.05) is 36.4 Å². The largest absolute Gasteiger partial charge is 0.490 e. The predicted octanol–water partition coefficient (Wildman–Crippen LogP) is 4.28. The van der Waals surface area contributed by atoms with E-state index in [2.05, 4.69) is 5.10 Å². The van der Waals surface area contributed by atoms with E-state index in [1.54, 1.807) is 0 Å². The number of nitrogens with zero attached hydrogens (tertiary/aromatic N) is 2. The first kappa shape index (κ1) is 16.0. The second kappa shape index (κ2) is 6.71. The maximum Gasteiger partial charge on any atom is 0.280 e. The van der Waals surface area contributed by atoms with Gasteiger partial charge >= 0.3 is 0 Å². The van der Waals surface area contributed by atoms with Crippen LogP contribution in [0.3, 0.4) is 0 Å². The van der Waals surface area contributed by atoms with E-state index in [0.29, 0.717) is 11.3 Å². The molecule has 2 aromatic carbocycles. The number of benzene rings is 2. The van der Waals surface area contributed by atoms with Gasteiger partial charge in [-0.25, -0.2) is 0 Å². The number of anilines is 1. The Bertz CT molecular complexity index is 807. The molecule has 0 unspecified atom stereocenters. The Labute approximate surface area is 142 Å². The Morgan fingerprint density at radius 1 is 1.04 bits per heavy atom. The fourth-order valence-corrected chi connectivity index (χ4v) is 2.55. The molecule has 122 valence electrons. The highest BCUT2D eigenvalue weighted by Crippen LogP contribution is 2.27. The lowest BCUT2D eigenvalue weighted by Crippen LogP contribution is -2.21. The molecule has 0 saturated carbocycles. The van der Waals surface area contributed by atoms with Crippen LogP contribution in [0.1, 0.15) is 26.3 Å². The smallest absolute Gasteiger partial charge is 0.280 e. The molecule has 0 spiro atoms. The van der Waals surface area contributed by atoms with Crippen molar-refractivity contribution in [1.82, 2.24) is 0 Å². The lowest BCUT2D eigenvalue weighted by atomic mass is 10.1. The minimum atomic E-state index is -0.127. The van der Waals surface area contributed by atoms with E-state index in [1.807, 2.05) is 81.4 Å². The highest BCUT2D eigenvalue weighted by atomic mass is 16.5. The number of ether oxygens (including phenoxy) is 1. The van der Waals surface area contributed by atoms with E-state index >= 15 is 0 Å². The minimum Gasteiger partial charge on any atom is -0.490 e. The van der Waals surface area contributed by atoms with Gasteiger partial charge in [-0.15, -0.1) is 0 Å². The van der Waals surface area contributed by atoms with Gasteiger partial charge in [0.15, 0.2) is 0 Å². The van der Waals surface area contributed by atoms with E-state index in [4.69, 9.17) is 4.74 Å². The molecule has 0 fully saturated rings. The van der Waals surface area contributed by atoms with Crippen molar-refractivity contribution in [2.75, 3.05) is 5.01 Å². The van der Waals surface area contributed by atoms with E-state index in [0.717, 1.165) is 17.0 Å². The summed E-state index contributed by atoms with van der Waals surface area (Å²) in [6, 6.07) is 17.1. The Hall–Kier alpha value is -2.88. The third-order valence-corrected chi connectivity index (χ3v) is 3.64. The van der Waals surface area contributed by atoms with Gasteiger partial charge in [-0.05, 0) is 45.0 Å². The van der Waals surface area contributed by atoms with Gasteiger partial charge in [0.2, 0.25) is 0 Å². The molecule has 0 N–H and O–H groups in total. The number of hydrogen-bond acceptors (Lipinski definition) is 3. The molecule has 0 aliphatic carbocycles. The van der Waals surface area contributed by atoms with Gasteiger partial charge < -0.3 is 4.74 Å². The zero-order chi connectivity index (χ0) is 17.1. The van der Waals surface area contributed by atoms with Crippen molar-refractivity contribution in [2.24, 2.45) is 5.10 Å². The Morgan fingerprint density at radius 2 is 1.71 bits per heavy atom. The van der Waals surface area contributed by atoms with Gasteiger partial charge in [-0.3, -0.25) is 4.79 Å². The molecule has 1 aliphatic rings. The van der Waals surface area contributed by atoms with E-state index in [1.165, 1.54) is 5.01 Å². The van der Waals surface area contributed by atoms with Crippen LogP contribution in [0.15, 0.2) is 65.3 Å². The molecule has 0 radical (unpaired) electrons. The standard InChI is InChI=1S/C20H20N2O2/c1-14(2)24-19-12-8-7-9-16(19)13-18-15(3)21-22(20(18)23)17-10-5-4-6-11-17/h4-14H,1-3H3/b18-13+. The fraction of sp³-hybridized carbons (Fsp3) is 0.200. The average Bonchev–Trinajstić information content (AvgIpc) is 2.85. The molecule has 4 nitrogen and oxygen atoms in total. The first-order valence-corrected chi connectivity index (χ1v) is 7.98. The summed E-state index contributed by atoms with van der Waals surface area (Å²) in [6.45, 7) is 5.81. The number of carbonyl (C=O) groups is 1. The molecule has 0 saturated heterocycles. The summed E-state index contributed by atoms with van der Waals surface area (Å²) < 4.78 is 5.83. The number of amides is 1. The van der Waals surface area contributed by atoms with Crippen molar-refractivity contribution in [2.45, 2.75) is 26.9 Å². The third-order valence-electron chi connectivity index (χ3n) is 3.64. The normalized spacial score (nSPS) is 16.0. The van der Waals surface area contributed by atoms with Crippen LogP contribution >= 0.6 is 0 Å². The van der Waals surface area contributed by atoms with Crippen LogP contribution in [0.5, 0.6) is 5.75 Å². The predicted molar refractivity (Wildman–Crippen MR) is 97.2 cm³/mol. The molecule has 0 atom stereocenters. The Balaban J connectivity index is 1.95. The SMILES string of the molecule is CC1=NN(c2ccccc2)C(=O)/C1=C/c1ccccc1OC(C)C. The molecule has 1 heterocycles. The quantitative estimate of drug-likeness (QED) is 0.789. The molecule has 24 heavy (non-hydrogen) atoms. The van der Waals surface area contributed by atoms with Crippen LogP contribution in [-0.2, 0) is 4.79 Å². The highest BCUT2D eigenvalue weighted by molar-refractivity contribution is 6.32. The number of hydrazone groups is 1. The molecule has 0 aromatic heterocycles. The Kier molecular flexibility index (Phi) is 4.47. The average molecular weight is 320 g/mol. The van der Waals surface area contributed by atoms with Crippen molar-refractivity contribution in [3.05, 3.63) is 65.7 Å². The van der Waals surface area contributed by atoms with Gasteiger partial charge in [-0.2, -0.15) is 10.1 Å². The highest BCUT2D eigenvalue weighted by Gasteiger charge is 2.28. The van der Waals surface area contributed by atoms with Gasteiger partial charge in [0.05, 0.1) is 23.1 Å². The lowest BCUT2D eigenvalue weighted by molar-refractivity contribution is -0.114. The zero-order valence-electron chi connectivity index (χ0n) is 14.1. The summed E-state index contributed by atoms with van der Waals surface area (Å²) in [4.78, 5) is 12.8. The topological polar surface area (TPSA) is 41.9 Å². The minimum absolute atomic E-state index is 0.0689. The first-order valence-electron chi connectivity index (χ1n) is 7.98. The number of carbonyl (C=O) groups excluding carboxylic acids is 1. The van der Waals surface area contributed by atoms with Gasteiger partial charge in [0.1, 0.15) is 5.75 Å². The van der Waals surface area contributed by atoms with Crippen molar-refractivity contribution in [3.8, 4) is 5.75 Å². The van der Waals surface area contributed by atoms with E-state index in [-0.39, 0.29) is 12.0 Å². The summed E-state index contributed by atoms with van der Waals surface area (Å²) in [5.74, 6) is 0.636. The molecule has 4 heteroatoms. The van der Waals surface area contributed by atoms with E-state index < -0.39 is 0 Å². The molecular formula is C20H20N2O2. The fourth-order valence-electron chi connectivity index (χ4n) is 2.55. The first-order chi connectivity index (χ1) is 11.6. The van der Waals surface area contributed by atoms with Crippen LogP contribution in [-0.4, -0.2) is 17.7 Å². The molecule has 3 rings (SSSR count). The van der Waals surface area contributed by atoms with Crippen LogP contribution in [0.2, 0.25) is 0 Å². The molecule has 2 aromatic rings. The molecular weight excluding hydrogens is 300 g/mol. The lowest BCUT2D eigenvalue weighted by Gasteiger charge is -2.13. The van der Waals surface area contributed by atoms with Crippen molar-refractivity contribution in [1.29, 1.82) is 0 Å². The number of para-hydroxylation sites is 2. The van der Waals surface area contributed by atoms with Crippen LogP contribution < -0.4 is 9.75 Å². The second-order valence-electron chi connectivity index (χ2n) is 5.90. The van der Waals surface area contributed by atoms with Crippen LogP contribution in [0.25, 0.3) is 6.08 Å². The van der Waals surface area contributed by atoms with Crippen molar-refractivity contribution in [3.63, 3.8) is 0 Å². The second-order valence-corrected chi connectivity index (χ2v) is 5.90. The summed E-state index contributed by atoms with van der Waals surface area (Å²) in [7, 11) is 0. The van der Waals surface area contributed by atoms with E-state index in [9.17, 15) is 4.79 Å². The molecule has 0 bridgehead atoms. The maximum absolute atomic E-state index is 12.8. The Morgan fingerprint density at radius 3 is 2.42 bits per heavy atom. The van der Waals surface area contributed by atoms with Gasteiger partial charge in [0, 0.05) is 5.56 Å². The zero-order valence-corrected chi connectivity index (χ0v) is 14.1. The van der Waals surface area contributed by atoms with Crippen molar-refractivity contribution < 1.29 is 9.53 Å². The summed E-state index contributed by atoms with van der Waals surface area (Å²) >= 11 is 0. The summed E-state index contributed by atoms with van der Waals surface area (Å²) in [5.41, 5.74) is 2.91. The maximum atomic E-state index is 12.8. The monoisotopic (exact) mass is 320 g/mol. The number of rotatable bonds is 4.